The first-order chi connectivity index (χ1) is 19.0. The molecule has 1 heterocycles. The Bertz CT molecular complexity index is 1560. The minimum atomic E-state index is -3.86. The van der Waals surface area contributed by atoms with Gasteiger partial charge in [-0.3, -0.25) is 4.72 Å². The Morgan fingerprint density at radius 3 is 1.93 bits per heavy atom. The van der Waals surface area contributed by atoms with E-state index in [1.54, 1.807) is 12.1 Å². The van der Waals surface area contributed by atoms with Crippen molar-refractivity contribution in [1.82, 2.24) is 9.97 Å². The molecule has 0 aliphatic rings. The van der Waals surface area contributed by atoms with Crippen LogP contribution in [0.2, 0.25) is 0 Å². The van der Waals surface area contributed by atoms with Gasteiger partial charge in [0.05, 0.1) is 39.3 Å². The van der Waals surface area contributed by atoms with E-state index in [4.69, 9.17) is 14.7 Å². The lowest BCUT2D eigenvalue weighted by molar-refractivity contribution is 0.305. The summed E-state index contributed by atoms with van der Waals surface area (Å²) in [6, 6.07) is 15.2. The number of anilines is 1. The van der Waals surface area contributed by atoms with E-state index >= 15 is 0 Å². The number of nitrogens with zero attached hydrogens (tertiary/aromatic N) is 2. The van der Waals surface area contributed by atoms with Crippen LogP contribution in [0.15, 0.2) is 53.4 Å². The third-order valence-electron chi connectivity index (χ3n) is 7.27. The van der Waals surface area contributed by atoms with E-state index in [-0.39, 0.29) is 11.8 Å². The van der Waals surface area contributed by atoms with Crippen LogP contribution in [0, 0.1) is 0 Å². The molecule has 0 saturated heterocycles. The SMILES string of the molecule is CCCCCCOc1ccc2nc3ccc(NS(=O)(=O)c4c(C(C)C)cc(C(C)C)cc4C(C)C)cc3nc2c1. The number of sulfonamides is 1. The van der Waals surface area contributed by atoms with Gasteiger partial charge in [0.2, 0.25) is 0 Å². The van der Waals surface area contributed by atoms with Crippen LogP contribution in [0.3, 0.4) is 0 Å². The van der Waals surface area contributed by atoms with Crippen molar-refractivity contribution in [3.63, 3.8) is 0 Å². The fraction of sp³-hybridized carbons (Fsp3) is 0.455. The van der Waals surface area contributed by atoms with Crippen molar-refractivity contribution < 1.29 is 13.2 Å². The third-order valence-corrected chi connectivity index (χ3v) is 8.78. The summed E-state index contributed by atoms with van der Waals surface area (Å²) in [5.74, 6) is 1.18. The molecule has 40 heavy (non-hydrogen) atoms. The summed E-state index contributed by atoms with van der Waals surface area (Å²) in [6.07, 6.45) is 4.59. The summed E-state index contributed by atoms with van der Waals surface area (Å²) in [5.41, 5.74) is 6.11. The minimum Gasteiger partial charge on any atom is -0.494 e. The van der Waals surface area contributed by atoms with Crippen LogP contribution in [0.5, 0.6) is 5.75 Å². The fourth-order valence-electron chi connectivity index (χ4n) is 4.93. The average molecular weight is 562 g/mol. The Morgan fingerprint density at radius 1 is 0.725 bits per heavy atom. The molecule has 1 N–H and O–H groups in total. The standard InChI is InChI=1S/C33H43N3O3S/c1-8-9-10-11-16-39-26-13-15-30-32(20-26)35-31-19-25(12-14-29(31)34-30)36-40(37,38)33-27(22(4)5)17-24(21(2)3)18-28(33)23(6)7/h12-15,17-23,36H,8-11,16H2,1-7H3. The summed E-state index contributed by atoms with van der Waals surface area (Å²) in [5, 5.41) is 0. The van der Waals surface area contributed by atoms with Crippen LogP contribution in [0.1, 0.15) is 109 Å². The van der Waals surface area contributed by atoms with Gasteiger partial charge in [-0.25, -0.2) is 18.4 Å². The summed E-state index contributed by atoms with van der Waals surface area (Å²) in [7, 11) is -3.86. The van der Waals surface area contributed by atoms with Crippen LogP contribution < -0.4 is 9.46 Å². The molecule has 4 rings (SSSR count). The summed E-state index contributed by atoms with van der Waals surface area (Å²) in [6.45, 7) is 15.3. The number of aromatic nitrogens is 2. The van der Waals surface area contributed by atoms with Crippen molar-refractivity contribution in [2.75, 3.05) is 11.3 Å². The Hall–Kier alpha value is -3.19. The van der Waals surface area contributed by atoms with Crippen LogP contribution in [0.4, 0.5) is 5.69 Å². The molecule has 0 spiro atoms. The number of hydrogen-bond donors (Lipinski definition) is 1. The molecule has 0 amide bonds. The lowest BCUT2D eigenvalue weighted by atomic mass is 9.89. The molecule has 4 aromatic rings. The molecule has 0 aliphatic heterocycles. The first kappa shape index (κ1) is 29.8. The zero-order chi connectivity index (χ0) is 29.0. The minimum absolute atomic E-state index is 0.0552. The Labute approximate surface area is 239 Å². The van der Waals surface area contributed by atoms with Gasteiger partial charge in [-0.05, 0) is 71.2 Å². The number of benzene rings is 3. The average Bonchev–Trinajstić information content (AvgIpc) is 2.90. The van der Waals surface area contributed by atoms with Gasteiger partial charge in [0.25, 0.3) is 10.0 Å². The first-order valence-corrected chi connectivity index (χ1v) is 16.0. The maximum absolute atomic E-state index is 13.9. The third kappa shape index (κ3) is 6.74. The van der Waals surface area contributed by atoms with Crippen molar-refractivity contribution in [3.05, 3.63) is 65.2 Å². The summed E-state index contributed by atoms with van der Waals surface area (Å²) in [4.78, 5) is 9.93. The molecular formula is C33H43N3O3S. The molecular weight excluding hydrogens is 518 g/mol. The predicted octanol–water partition coefficient (Wildman–Crippen LogP) is 8.91. The van der Waals surface area contributed by atoms with Gasteiger partial charge in [0, 0.05) is 6.07 Å². The quantitative estimate of drug-likeness (QED) is 0.138. The van der Waals surface area contributed by atoms with Gasteiger partial charge in [0.15, 0.2) is 0 Å². The van der Waals surface area contributed by atoms with Crippen LogP contribution in [-0.2, 0) is 10.0 Å². The molecule has 0 bridgehead atoms. The van der Waals surface area contributed by atoms with E-state index in [1.165, 1.54) is 12.8 Å². The zero-order valence-corrected chi connectivity index (χ0v) is 25.7. The molecule has 7 heteroatoms. The maximum atomic E-state index is 13.9. The highest BCUT2D eigenvalue weighted by Crippen LogP contribution is 2.36. The van der Waals surface area contributed by atoms with E-state index in [1.807, 2.05) is 52.0 Å². The van der Waals surface area contributed by atoms with Gasteiger partial charge in [-0.2, -0.15) is 0 Å². The van der Waals surface area contributed by atoms with Gasteiger partial charge in [-0.15, -0.1) is 0 Å². The van der Waals surface area contributed by atoms with Gasteiger partial charge in [0.1, 0.15) is 5.75 Å². The smallest absolute Gasteiger partial charge is 0.262 e. The summed E-state index contributed by atoms with van der Waals surface area (Å²) >= 11 is 0. The van der Waals surface area contributed by atoms with Crippen molar-refractivity contribution in [1.29, 1.82) is 0 Å². The maximum Gasteiger partial charge on any atom is 0.262 e. The second kappa shape index (κ2) is 12.5. The summed E-state index contributed by atoms with van der Waals surface area (Å²) < 4.78 is 36.6. The van der Waals surface area contributed by atoms with Crippen molar-refractivity contribution in [2.45, 2.75) is 96.8 Å². The van der Waals surface area contributed by atoms with Gasteiger partial charge >= 0.3 is 0 Å². The number of ether oxygens (including phenoxy) is 1. The molecule has 214 valence electrons. The number of nitrogens with one attached hydrogen (secondary N) is 1. The van der Waals surface area contributed by atoms with Crippen molar-refractivity contribution in [3.8, 4) is 5.75 Å². The second-order valence-corrected chi connectivity index (χ2v) is 13.2. The second-order valence-electron chi connectivity index (χ2n) is 11.6. The van der Waals surface area contributed by atoms with Crippen LogP contribution in [-0.4, -0.2) is 25.0 Å². The lowest BCUT2D eigenvalue weighted by Gasteiger charge is -2.23. The zero-order valence-electron chi connectivity index (χ0n) is 24.9. The first-order valence-electron chi connectivity index (χ1n) is 14.5. The van der Waals surface area contributed by atoms with Crippen LogP contribution in [0.25, 0.3) is 22.1 Å². The molecule has 1 aromatic heterocycles. The topological polar surface area (TPSA) is 81.2 Å². The largest absolute Gasteiger partial charge is 0.494 e. The monoisotopic (exact) mass is 561 g/mol. The number of unbranched alkanes of at least 4 members (excludes halogenated alkanes) is 3. The van der Waals surface area contributed by atoms with Crippen molar-refractivity contribution >= 4 is 37.8 Å². The molecule has 0 saturated carbocycles. The highest BCUT2D eigenvalue weighted by Gasteiger charge is 2.27. The van der Waals surface area contributed by atoms with E-state index in [9.17, 15) is 8.42 Å². The van der Waals surface area contributed by atoms with E-state index in [0.717, 1.165) is 40.8 Å². The molecule has 0 aliphatic carbocycles. The highest BCUT2D eigenvalue weighted by atomic mass is 32.2. The Kier molecular flexibility index (Phi) is 9.34. The highest BCUT2D eigenvalue weighted by molar-refractivity contribution is 7.92. The Morgan fingerprint density at radius 2 is 1.32 bits per heavy atom. The predicted molar refractivity (Wildman–Crippen MR) is 166 cm³/mol. The van der Waals surface area contributed by atoms with Gasteiger partial charge in [-0.1, -0.05) is 79.9 Å². The van der Waals surface area contributed by atoms with Crippen LogP contribution >= 0.6 is 0 Å². The molecule has 0 atom stereocenters. The molecule has 6 nitrogen and oxygen atoms in total. The van der Waals surface area contributed by atoms with Crippen molar-refractivity contribution in [2.24, 2.45) is 0 Å². The van der Waals surface area contributed by atoms with E-state index < -0.39 is 10.0 Å². The fourth-order valence-corrected chi connectivity index (χ4v) is 6.68. The number of fused-ring (bicyclic) bond motifs is 2. The lowest BCUT2D eigenvalue weighted by Crippen LogP contribution is -2.19. The van der Waals surface area contributed by atoms with E-state index in [2.05, 4.69) is 37.6 Å². The van der Waals surface area contributed by atoms with Gasteiger partial charge < -0.3 is 4.74 Å². The number of hydrogen-bond acceptors (Lipinski definition) is 5. The van der Waals surface area contributed by atoms with E-state index in [0.29, 0.717) is 39.7 Å². The normalized spacial score (nSPS) is 12.2. The Balaban J connectivity index is 1.68. The molecule has 0 unspecified atom stereocenters. The molecule has 0 fully saturated rings. The molecule has 3 aromatic carbocycles. The molecule has 0 radical (unpaired) electrons. The number of rotatable bonds is 12.